The molecule has 0 saturated carbocycles. The highest BCUT2D eigenvalue weighted by atomic mass is 35.5. The van der Waals surface area contributed by atoms with Crippen molar-refractivity contribution < 1.29 is 9.59 Å². The predicted octanol–water partition coefficient (Wildman–Crippen LogP) is 1.28. The normalized spacial score (nSPS) is 18.7. The standard InChI is InChI=1S/C12H14Cl2N4O2/c13-8-2-1-7(5-9(8)14)17-12(20)18-4-3-16-6-10(18)11(15)19/h1-2,5,10,16H,3-4,6H2,(H2,15,19)(H,17,20). The van der Waals surface area contributed by atoms with Gasteiger partial charge in [-0.3, -0.25) is 4.79 Å². The van der Waals surface area contributed by atoms with Gasteiger partial charge in [0.15, 0.2) is 0 Å². The Morgan fingerprint density at radius 2 is 2.10 bits per heavy atom. The molecular formula is C12H14Cl2N4O2. The van der Waals surface area contributed by atoms with E-state index in [1.54, 1.807) is 18.2 Å². The van der Waals surface area contributed by atoms with Crippen molar-refractivity contribution >= 4 is 40.8 Å². The second kappa shape index (κ2) is 6.30. The van der Waals surface area contributed by atoms with E-state index in [9.17, 15) is 9.59 Å². The summed E-state index contributed by atoms with van der Waals surface area (Å²) < 4.78 is 0. The molecule has 0 radical (unpaired) electrons. The van der Waals surface area contributed by atoms with Crippen molar-refractivity contribution in [3.05, 3.63) is 28.2 Å². The van der Waals surface area contributed by atoms with Crippen molar-refractivity contribution in [2.75, 3.05) is 25.0 Å². The third-order valence-electron chi connectivity index (χ3n) is 3.00. The van der Waals surface area contributed by atoms with Gasteiger partial charge < -0.3 is 21.3 Å². The number of nitrogens with zero attached hydrogens (tertiary/aromatic N) is 1. The fourth-order valence-electron chi connectivity index (χ4n) is 1.97. The second-order valence-corrected chi connectivity index (χ2v) is 5.19. The molecule has 0 aliphatic carbocycles. The number of urea groups is 1. The Labute approximate surface area is 126 Å². The van der Waals surface area contributed by atoms with Gasteiger partial charge in [-0.1, -0.05) is 23.2 Å². The van der Waals surface area contributed by atoms with Gasteiger partial charge in [0.25, 0.3) is 0 Å². The number of carbonyl (C=O) groups excluding carboxylic acids is 2. The molecule has 0 aromatic heterocycles. The molecule has 1 unspecified atom stereocenters. The summed E-state index contributed by atoms with van der Waals surface area (Å²) in [7, 11) is 0. The number of piperazine rings is 1. The van der Waals surface area contributed by atoms with E-state index in [1.165, 1.54) is 4.90 Å². The molecule has 20 heavy (non-hydrogen) atoms. The first-order valence-corrected chi connectivity index (χ1v) is 6.77. The molecule has 1 heterocycles. The number of nitrogens with one attached hydrogen (secondary N) is 2. The number of halogens is 2. The van der Waals surface area contributed by atoms with Gasteiger partial charge >= 0.3 is 6.03 Å². The van der Waals surface area contributed by atoms with Gasteiger partial charge in [-0.25, -0.2) is 4.79 Å². The minimum Gasteiger partial charge on any atom is -0.368 e. The fraction of sp³-hybridized carbons (Fsp3) is 0.333. The fourth-order valence-corrected chi connectivity index (χ4v) is 2.27. The number of carbonyl (C=O) groups is 2. The Kier molecular flexibility index (Phi) is 4.69. The zero-order valence-electron chi connectivity index (χ0n) is 10.5. The van der Waals surface area contributed by atoms with Crippen molar-refractivity contribution in [2.24, 2.45) is 5.73 Å². The topological polar surface area (TPSA) is 87.5 Å². The van der Waals surface area contributed by atoms with E-state index in [-0.39, 0.29) is 0 Å². The summed E-state index contributed by atoms with van der Waals surface area (Å²) in [4.78, 5) is 24.9. The van der Waals surface area contributed by atoms with E-state index in [4.69, 9.17) is 28.9 Å². The summed E-state index contributed by atoms with van der Waals surface area (Å²) in [5.41, 5.74) is 5.80. The monoisotopic (exact) mass is 316 g/mol. The number of amides is 3. The largest absolute Gasteiger partial charge is 0.368 e. The summed E-state index contributed by atoms with van der Waals surface area (Å²) >= 11 is 11.7. The van der Waals surface area contributed by atoms with Gasteiger partial charge in [-0.2, -0.15) is 0 Å². The molecule has 0 bridgehead atoms. The lowest BCUT2D eigenvalue weighted by Gasteiger charge is -2.34. The van der Waals surface area contributed by atoms with E-state index in [0.29, 0.717) is 35.4 Å². The third-order valence-corrected chi connectivity index (χ3v) is 3.74. The number of primary amides is 1. The number of benzene rings is 1. The zero-order valence-corrected chi connectivity index (χ0v) is 12.0. The zero-order chi connectivity index (χ0) is 14.7. The molecule has 8 heteroatoms. The van der Waals surface area contributed by atoms with Crippen LogP contribution in [0.4, 0.5) is 10.5 Å². The van der Waals surface area contributed by atoms with Gasteiger partial charge in [0.2, 0.25) is 5.91 Å². The molecule has 6 nitrogen and oxygen atoms in total. The first kappa shape index (κ1) is 14.9. The smallest absolute Gasteiger partial charge is 0.322 e. The number of rotatable bonds is 2. The average molecular weight is 317 g/mol. The van der Waals surface area contributed by atoms with Crippen LogP contribution in [0.5, 0.6) is 0 Å². The Morgan fingerprint density at radius 3 is 2.75 bits per heavy atom. The van der Waals surface area contributed by atoms with Gasteiger partial charge in [0.1, 0.15) is 6.04 Å². The lowest BCUT2D eigenvalue weighted by Crippen LogP contribution is -2.59. The molecule has 1 aromatic rings. The van der Waals surface area contributed by atoms with E-state index in [2.05, 4.69) is 10.6 Å². The molecule has 2 rings (SSSR count). The van der Waals surface area contributed by atoms with E-state index in [0.717, 1.165) is 0 Å². The van der Waals surface area contributed by atoms with Crippen LogP contribution in [0.1, 0.15) is 0 Å². The molecule has 4 N–H and O–H groups in total. The van der Waals surface area contributed by atoms with Crippen LogP contribution in [0.3, 0.4) is 0 Å². The summed E-state index contributed by atoms with van der Waals surface area (Å²) in [5.74, 6) is -0.540. The van der Waals surface area contributed by atoms with Crippen molar-refractivity contribution in [1.82, 2.24) is 10.2 Å². The van der Waals surface area contributed by atoms with Crippen LogP contribution in [-0.2, 0) is 4.79 Å². The molecule has 1 fully saturated rings. The molecule has 1 saturated heterocycles. The van der Waals surface area contributed by atoms with Crippen LogP contribution in [0.15, 0.2) is 18.2 Å². The molecule has 1 aliphatic heterocycles. The Hall–Kier alpha value is -1.50. The molecule has 1 aliphatic rings. The van der Waals surface area contributed by atoms with Gasteiger partial charge in [0, 0.05) is 25.3 Å². The number of hydrogen-bond donors (Lipinski definition) is 3. The van der Waals surface area contributed by atoms with Crippen LogP contribution in [-0.4, -0.2) is 42.5 Å². The maximum atomic E-state index is 12.2. The highest BCUT2D eigenvalue weighted by Crippen LogP contribution is 2.25. The molecule has 0 spiro atoms. The molecule has 1 aromatic carbocycles. The van der Waals surface area contributed by atoms with Crippen molar-refractivity contribution in [2.45, 2.75) is 6.04 Å². The average Bonchev–Trinajstić information content (AvgIpc) is 2.43. The first-order valence-electron chi connectivity index (χ1n) is 6.01. The highest BCUT2D eigenvalue weighted by molar-refractivity contribution is 6.42. The minimum absolute atomic E-state index is 0.344. The molecular weight excluding hydrogens is 303 g/mol. The quantitative estimate of drug-likeness (QED) is 0.768. The molecule has 3 amide bonds. The number of nitrogens with two attached hydrogens (primary N) is 1. The van der Waals surface area contributed by atoms with Crippen molar-refractivity contribution in [3.8, 4) is 0 Å². The summed E-state index contributed by atoms with van der Waals surface area (Å²) in [6, 6.07) is 3.71. The third kappa shape index (κ3) is 3.33. The van der Waals surface area contributed by atoms with Gasteiger partial charge in [-0.15, -0.1) is 0 Å². The van der Waals surface area contributed by atoms with Crippen LogP contribution in [0, 0.1) is 0 Å². The predicted molar refractivity (Wildman–Crippen MR) is 78.0 cm³/mol. The Bertz CT molecular complexity index is 538. The summed E-state index contributed by atoms with van der Waals surface area (Å²) in [5, 5.41) is 6.44. The molecule has 1 atom stereocenters. The van der Waals surface area contributed by atoms with Crippen molar-refractivity contribution in [1.29, 1.82) is 0 Å². The molecule has 108 valence electrons. The maximum Gasteiger partial charge on any atom is 0.322 e. The van der Waals surface area contributed by atoms with Gasteiger partial charge in [-0.05, 0) is 18.2 Å². The van der Waals surface area contributed by atoms with Gasteiger partial charge in [0.05, 0.1) is 10.0 Å². The van der Waals surface area contributed by atoms with Crippen molar-refractivity contribution in [3.63, 3.8) is 0 Å². The van der Waals surface area contributed by atoms with Crippen LogP contribution >= 0.6 is 23.2 Å². The van der Waals surface area contributed by atoms with Crippen LogP contribution < -0.4 is 16.4 Å². The van der Waals surface area contributed by atoms with Crippen LogP contribution in [0.25, 0.3) is 0 Å². The lowest BCUT2D eigenvalue weighted by molar-refractivity contribution is -0.122. The summed E-state index contributed by atoms with van der Waals surface area (Å²) in [6.45, 7) is 1.36. The van der Waals surface area contributed by atoms with E-state index < -0.39 is 18.0 Å². The number of hydrogen-bond acceptors (Lipinski definition) is 3. The lowest BCUT2D eigenvalue weighted by atomic mass is 10.2. The first-order chi connectivity index (χ1) is 9.49. The SMILES string of the molecule is NC(=O)C1CNCCN1C(=O)Nc1ccc(Cl)c(Cl)c1. The second-order valence-electron chi connectivity index (χ2n) is 4.37. The van der Waals surface area contributed by atoms with Crippen LogP contribution in [0.2, 0.25) is 10.0 Å². The maximum absolute atomic E-state index is 12.2. The van der Waals surface area contributed by atoms with E-state index >= 15 is 0 Å². The number of anilines is 1. The van der Waals surface area contributed by atoms with E-state index in [1.807, 2.05) is 0 Å². The highest BCUT2D eigenvalue weighted by Gasteiger charge is 2.30. The Balaban J connectivity index is 2.09. The summed E-state index contributed by atoms with van der Waals surface area (Å²) in [6.07, 6.45) is 0. The Morgan fingerprint density at radius 1 is 1.35 bits per heavy atom. The minimum atomic E-state index is -0.661.